The van der Waals surface area contributed by atoms with Gasteiger partial charge in [0.05, 0.1) is 0 Å². The molecule has 0 saturated heterocycles. The molecule has 2 aromatic heterocycles. The van der Waals surface area contributed by atoms with Crippen molar-refractivity contribution >= 4 is 27.9 Å². The number of nitrogens with zero attached hydrogens (tertiary/aromatic N) is 2. The maximum Gasteiger partial charge on any atom is 0.273 e. The molecule has 0 bridgehead atoms. The Morgan fingerprint density at radius 2 is 2.14 bits per heavy atom. The van der Waals surface area contributed by atoms with Gasteiger partial charge in [-0.2, -0.15) is 0 Å². The number of carbonyl (C=O) groups excluding carboxylic acids is 1. The molecule has 3 aromatic rings. The first-order chi connectivity index (χ1) is 10.3. The summed E-state index contributed by atoms with van der Waals surface area (Å²) in [6.45, 7) is 1.07. The predicted molar refractivity (Wildman–Crippen MR) is 78.5 cm³/mol. The van der Waals surface area contributed by atoms with Crippen molar-refractivity contribution in [2.75, 3.05) is 18.5 Å². The summed E-state index contributed by atoms with van der Waals surface area (Å²) in [5, 5.41) is 4.65. The molecule has 0 aliphatic carbocycles. The minimum Gasteiger partial charge on any atom is -0.486 e. The average molecular weight is 301 g/mol. The average Bonchev–Trinajstić information content (AvgIpc) is 3.09. The van der Waals surface area contributed by atoms with E-state index in [1.54, 1.807) is 40.4 Å². The molecule has 4 rings (SSSR count). The quantitative estimate of drug-likeness (QED) is 0.789. The smallest absolute Gasteiger partial charge is 0.273 e. The van der Waals surface area contributed by atoms with Crippen LogP contribution in [0.4, 0.5) is 5.69 Å². The number of thiazole rings is 1. The third-order valence-electron chi connectivity index (χ3n) is 3.17. The number of hydrogen-bond acceptors (Lipinski definition) is 5. The lowest BCUT2D eigenvalue weighted by Gasteiger charge is -2.18. The van der Waals surface area contributed by atoms with Gasteiger partial charge in [-0.15, -0.1) is 11.3 Å². The second-order valence-corrected chi connectivity index (χ2v) is 5.35. The molecule has 1 aliphatic rings. The molecule has 0 unspecified atom stereocenters. The van der Waals surface area contributed by atoms with Crippen molar-refractivity contribution in [3.63, 3.8) is 0 Å². The number of carbonyl (C=O) groups is 1. The highest BCUT2D eigenvalue weighted by atomic mass is 32.1. The lowest BCUT2D eigenvalue weighted by Crippen LogP contribution is -2.17. The zero-order valence-electron chi connectivity index (χ0n) is 10.9. The van der Waals surface area contributed by atoms with Crippen molar-refractivity contribution < 1.29 is 14.3 Å². The monoisotopic (exact) mass is 301 g/mol. The molecule has 7 heteroatoms. The molecule has 106 valence electrons. The number of hydrogen-bond donors (Lipinski definition) is 1. The Balaban J connectivity index is 1.61. The van der Waals surface area contributed by atoms with E-state index in [1.807, 2.05) is 0 Å². The Hall–Kier alpha value is -2.54. The van der Waals surface area contributed by atoms with Gasteiger partial charge in [0.2, 0.25) is 0 Å². The number of nitrogens with one attached hydrogen (secondary N) is 1. The van der Waals surface area contributed by atoms with Crippen molar-refractivity contribution in [3.8, 4) is 11.5 Å². The molecule has 1 N–H and O–H groups in total. The SMILES string of the molecule is O=C(Nc1ccc2c(c1)OCCO2)c1csc2nccn12. The first-order valence-corrected chi connectivity index (χ1v) is 7.31. The molecule has 3 heterocycles. The summed E-state index contributed by atoms with van der Waals surface area (Å²) in [5.41, 5.74) is 1.23. The van der Waals surface area contributed by atoms with Crippen LogP contribution in [-0.4, -0.2) is 28.5 Å². The van der Waals surface area contributed by atoms with Crippen molar-refractivity contribution in [3.05, 3.63) is 41.7 Å². The summed E-state index contributed by atoms with van der Waals surface area (Å²) in [6.07, 6.45) is 3.44. The standard InChI is InChI=1S/C14H11N3O3S/c18-13(10-8-21-14-15-3-4-17(10)14)16-9-1-2-11-12(7-9)20-6-5-19-11/h1-4,7-8H,5-6H2,(H,16,18). The van der Waals surface area contributed by atoms with Crippen molar-refractivity contribution in [1.82, 2.24) is 9.38 Å². The second kappa shape index (κ2) is 4.78. The van der Waals surface area contributed by atoms with E-state index >= 15 is 0 Å². The Morgan fingerprint density at radius 3 is 3.05 bits per heavy atom. The number of anilines is 1. The van der Waals surface area contributed by atoms with Crippen LogP contribution in [0.5, 0.6) is 11.5 Å². The highest BCUT2D eigenvalue weighted by Gasteiger charge is 2.15. The zero-order chi connectivity index (χ0) is 14.2. The Bertz CT molecular complexity index is 824. The van der Waals surface area contributed by atoms with Gasteiger partial charge >= 0.3 is 0 Å². The first-order valence-electron chi connectivity index (χ1n) is 6.43. The summed E-state index contributed by atoms with van der Waals surface area (Å²) in [7, 11) is 0. The molecule has 6 nitrogen and oxygen atoms in total. The van der Waals surface area contributed by atoms with Crippen LogP contribution < -0.4 is 14.8 Å². The second-order valence-electron chi connectivity index (χ2n) is 4.51. The highest BCUT2D eigenvalue weighted by molar-refractivity contribution is 7.15. The van der Waals surface area contributed by atoms with Crippen LogP contribution in [0.2, 0.25) is 0 Å². The number of amides is 1. The van der Waals surface area contributed by atoms with Gasteiger partial charge in [0, 0.05) is 29.5 Å². The number of benzene rings is 1. The third kappa shape index (κ3) is 2.11. The predicted octanol–water partition coefficient (Wildman–Crippen LogP) is 2.42. The molecule has 1 aliphatic heterocycles. The summed E-state index contributed by atoms with van der Waals surface area (Å²) >= 11 is 1.43. The van der Waals surface area contributed by atoms with E-state index in [2.05, 4.69) is 10.3 Å². The van der Waals surface area contributed by atoms with Crippen LogP contribution >= 0.6 is 11.3 Å². The van der Waals surface area contributed by atoms with Gasteiger partial charge in [-0.1, -0.05) is 0 Å². The largest absolute Gasteiger partial charge is 0.486 e. The number of aromatic nitrogens is 2. The van der Waals surface area contributed by atoms with Gasteiger partial charge in [0.15, 0.2) is 16.5 Å². The summed E-state index contributed by atoms with van der Waals surface area (Å²) in [4.78, 5) is 17.3. The van der Waals surface area contributed by atoms with Crippen molar-refractivity contribution in [2.45, 2.75) is 0 Å². The van der Waals surface area contributed by atoms with Gasteiger partial charge in [-0.3, -0.25) is 9.20 Å². The van der Waals surface area contributed by atoms with Crippen LogP contribution in [0.25, 0.3) is 4.96 Å². The number of fused-ring (bicyclic) bond motifs is 2. The Morgan fingerprint density at radius 1 is 1.29 bits per heavy atom. The summed E-state index contributed by atoms with van der Waals surface area (Å²) < 4.78 is 12.7. The fourth-order valence-corrected chi connectivity index (χ4v) is 3.04. The lowest BCUT2D eigenvalue weighted by atomic mass is 10.2. The minimum absolute atomic E-state index is 0.184. The fraction of sp³-hybridized carbons (Fsp3) is 0.143. The van der Waals surface area contributed by atoms with Gasteiger partial charge in [0.25, 0.3) is 5.91 Å². The van der Waals surface area contributed by atoms with Crippen LogP contribution in [0.1, 0.15) is 10.5 Å². The Kier molecular flexibility index (Phi) is 2.78. The summed E-state index contributed by atoms with van der Waals surface area (Å²) in [5.74, 6) is 1.17. The number of rotatable bonds is 2. The molecular weight excluding hydrogens is 290 g/mol. The molecule has 0 atom stereocenters. The number of ether oxygens (including phenoxy) is 2. The Labute approximate surface area is 123 Å². The van der Waals surface area contributed by atoms with E-state index in [0.29, 0.717) is 36.1 Å². The first kappa shape index (κ1) is 12.2. The van der Waals surface area contributed by atoms with Crippen LogP contribution in [0.15, 0.2) is 36.0 Å². The molecule has 0 fully saturated rings. The van der Waals surface area contributed by atoms with E-state index in [-0.39, 0.29) is 5.91 Å². The van der Waals surface area contributed by atoms with Crippen LogP contribution in [-0.2, 0) is 0 Å². The van der Waals surface area contributed by atoms with Crippen LogP contribution in [0, 0.1) is 0 Å². The molecule has 0 saturated carbocycles. The van der Waals surface area contributed by atoms with Gasteiger partial charge in [-0.05, 0) is 12.1 Å². The van der Waals surface area contributed by atoms with Gasteiger partial charge in [0.1, 0.15) is 18.9 Å². The number of imidazole rings is 1. The van der Waals surface area contributed by atoms with Gasteiger partial charge in [-0.25, -0.2) is 4.98 Å². The van der Waals surface area contributed by atoms with Gasteiger partial charge < -0.3 is 14.8 Å². The third-order valence-corrected chi connectivity index (χ3v) is 4.03. The molecular formula is C14H11N3O3S. The zero-order valence-corrected chi connectivity index (χ0v) is 11.7. The van der Waals surface area contributed by atoms with E-state index in [1.165, 1.54) is 11.3 Å². The van der Waals surface area contributed by atoms with E-state index in [9.17, 15) is 4.79 Å². The lowest BCUT2D eigenvalue weighted by molar-refractivity contribution is 0.102. The topological polar surface area (TPSA) is 64.9 Å². The van der Waals surface area contributed by atoms with Crippen molar-refractivity contribution in [1.29, 1.82) is 0 Å². The minimum atomic E-state index is -0.184. The van der Waals surface area contributed by atoms with E-state index in [4.69, 9.17) is 9.47 Å². The molecule has 1 aromatic carbocycles. The van der Waals surface area contributed by atoms with Crippen molar-refractivity contribution in [2.24, 2.45) is 0 Å². The van der Waals surface area contributed by atoms with Crippen LogP contribution in [0.3, 0.4) is 0 Å². The fourth-order valence-electron chi connectivity index (χ4n) is 2.20. The molecule has 0 spiro atoms. The molecule has 0 radical (unpaired) electrons. The molecule has 21 heavy (non-hydrogen) atoms. The normalized spacial score (nSPS) is 13.3. The summed E-state index contributed by atoms with van der Waals surface area (Å²) in [6, 6.07) is 5.36. The maximum absolute atomic E-state index is 12.3. The highest BCUT2D eigenvalue weighted by Crippen LogP contribution is 2.32. The van der Waals surface area contributed by atoms with E-state index in [0.717, 1.165) is 4.96 Å². The molecule has 1 amide bonds. The maximum atomic E-state index is 12.3. The van der Waals surface area contributed by atoms with E-state index < -0.39 is 0 Å².